The van der Waals surface area contributed by atoms with Gasteiger partial charge in [-0.3, -0.25) is 9.80 Å². The molecule has 0 atom stereocenters. The Hall–Kier alpha value is -1.72. The molecule has 2 aromatic rings. The Kier molecular flexibility index (Phi) is 21.4. The second-order valence-electron chi connectivity index (χ2n) is 12.1. The highest BCUT2D eigenvalue weighted by Gasteiger charge is 2.08. The third kappa shape index (κ3) is 16.8. The molecular weight excluding hydrogens is 516 g/mol. The van der Waals surface area contributed by atoms with Crippen LogP contribution in [-0.2, 0) is 22.7 Å². The number of rotatable bonds is 27. The maximum atomic E-state index is 6.22. The lowest BCUT2D eigenvalue weighted by molar-refractivity contribution is 0.0170. The molecule has 0 heterocycles. The minimum Gasteiger partial charge on any atom is -0.361 e. The Bertz CT molecular complexity index is 829. The second-order valence-corrected chi connectivity index (χ2v) is 12.1. The fourth-order valence-electron chi connectivity index (χ4n) is 5.39. The molecule has 0 bridgehead atoms. The van der Waals surface area contributed by atoms with E-state index in [0.717, 1.165) is 39.6 Å². The molecule has 4 nitrogen and oxygen atoms in total. The van der Waals surface area contributed by atoms with Crippen LogP contribution in [-0.4, -0.2) is 49.4 Å². The summed E-state index contributed by atoms with van der Waals surface area (Å²) < 4.78 is 12.4. The Morgan fingerprint density at radius 3 is 1.24 bits per heavy atom. The highest BCUT2D eigenvalue weighted by Crippen LogP contribution is 2.23. The van der Waals surface area contributed by atoms with Gasteiger partial charge < -0.3 is 9.47 Å². The molecule has 0 aliphatic carbocycles. The summed E-state index contributed by atoms with van der Waals surface area (Å²) >= 11 is 0. The molecule has 4 heteroatoms. The average Bonchev–Trinajstić information content (AvgIpc) is 3.02. The first-order chi connectivity index (χ1) is 20.7. The molecule has 2 rings (SSSR count). The van der Waals surface area contributed by atoms with Gasteiger partial charge in [0.1, 0.15) is 0 Å². The van der Waals surface area contributed by atoms with Gasteiger partial charge in [0.15, 0.2) is 0 Å². The fraction of sp³-hybridized carbons (Fsp3) is 0.684. The minimum absolute atomic E-state index is 0.654. The number of unbranched alkanes of at least 4 members (excludes halogenated alkanes) is 10. The molecule has 2 aromatic carbocycles. The monoisotopic (exact) mass is 580 g/mol. The van der Waals surface area contributed by atoms with Gasteiger partial charge in [-0.15, -0.1) is 0 Å². The molecule has 0 N–H and O–H groups in total. The smallest absolute Gasteiger partial charge is 0.0994 e. The Morgan fingerprint density at radius 1 is 0.452 bits per heavy atom. The van der Waals surface area contributed by atoms with E-state index in [9.17, 15) is 0 Å². The van der Waals surface area contributed by atoms with Crippen LogP contribution < -0.4 is 0 Å². The Labute approximate surface area is 260 Å². The highest BCUT2D eigenvalue weighted by atomic mass is 16.5. The van der Waals surface area contributed by atoms with Crippen molar-refractivity contribution in [1.82, 2.24) is 9.80 Å². The van der Waals surface area contributed by atoms with E-state index >= 15 is 0 Å². The standard InChI is InChI=1S/C38H64N2O2/c1-5-9-13-15-17-27-39(25-11-7-3)33-41-31-35-21-19-23-37(29-35)38-24-20-22-36(30-38)32-42-34-40(26-12-8-4)28-18-16-14-10-6-2/h19-24,29-30H,5-18,25-28,31-34H2,1-4H3. The van der Waals surface area contributed by atoms with Crippen LogP contribution in [0.4, 0.5) is 0 Å². The van der Waals surface area contributed by atoms with E-state index in [2.05, 4.69) is 86.0 Å². The van der Waals surface area contributed by atoms with Crippen LogP contribution in [0.5, 0.6) is 0 Å². The minimum atomic E-state index is 0.654. The number of nitrogens with zero attached hydrogens (tertiary/aromatic N) is 2. The molecule has 42 heavy (non-hydrogen) atoms. The summed E-state index contributed by atoms with van der Waals surface area (Å²) in [6.07, 6.45) is 18.2. The molecule has 0 aliphatic rings. The molecular formula is C38H64N2O2. The van der Waals surface area contributed by atoms with Gasteiger partial charge in [0.05, 0.1) is 26.7 Å². The zero-order valence-corrected chi connectivity index (χ0v) is 27.9. The van der Waals surface area contributed by atoms with Gasteiger partial charge in [0, 0.05) is 26.2 Å². The normalized spacial score (nSPS) is 11.7. The third-order valence-electron chi connectivity index (χ3n) is 8.08. The van der Waals surface area contributed by atoms with Crippen molar-refractivity contribution in [3.63, 3.8) is 0 Å². The van der Waals surface area contributed by atoms with Gasteiger partial charge in [-0.1, -0.05) is 128 Å². The summed E-state index contributed by atoms with van der Waals surface area (Å²) in [5.74, 6) is 0. The molecule has 0 saturated carbocycles. The van der Waals surface area contributed by atoms with Crippen molar-refractivity contribution in [3.05, 3.63) is 59.7 Å². The van der Waals surface area contributed by atoms with Crippen molar-refractivity contribution in [2.45, 2.75) is 131 Å². The average molecular weight is 581 g/mol. The first-order valence-electron chi connectivity index (χ1n) is 17.5. The summed E-state index contributed by atoms with van der Waals surface area (Å²) in [5, 5.41) is 0. The van der Waals surface area contributed by atoms with Gasteiger partial charge in [0.25, 0.3) is 0 Å². The lowest BCUT2D eigenvalue weighted by Gasteiger charge is -2.22. The first-order valence-corrected chi connectivity index (χ1v) is 17.5. The van der Waals surface area contributed by atoms with Crippen molar-refractivity contribution in [3.8, 4) is 11.1 Å². The van der Waals surface area contributed by atoms with Crippen molar-refractivity contribution in [1.29, 1.82) is 0 Å². The number of ether oxygens (including phenoxy) is 2. The van der Waals surface area contributed by atoms with Gasteiger partial charge in [-0.2, -0.15) is 0 Å². The third-order valence-corrected chi connectivity index (χ3v) is 8.08. The largest absolute Gasteiger partial charge is 0.361 e. The molecule has 0 amide bonds. The number of hydrogen-bond donors (Lipinski definition) is 0. The summed E-state index contributed by atoms with van der Waals surface area (Å²) in [5.41, 5.74) is 4.96. The van der Waals surface area contributed by atoms with Gasteiger partial charge in [-0.05, 0) is 60.1 Å². The van der Waals surface area contributed by atoms with Crippen LogP contribution in [0.2, 0.25) is 0 Å². The molecule has 0 aliphatic heterocycles. The molecule has 0 fully saturated rings. The van der Waals surface area contributed by atoms with E-state index in [1.807, 2.05) is 0 Å². The van der Waals surface area contributed by atoms with Crippen LogP contribution in [0.25, 0.3) is 11.1 Å². The topological polar surface area (TPSA) is 24.9 Å². The molecule has 0 spiro atoms. The summed E-state index contributed by atoms with van der Waals surface area (Å²) in [7, 11) is 0. The van der Waals surface area contributed by atoms with Crippen molar-refractivity contribution >= 4 is 0 Å². The zero-order chi connectivity index (χ0) is 30.1. The van der Waals surface area contributed by atoms with Crippen molar-refractivity contribution in [2.75, 3.05) is 39.6 Å². The number of benzene rings is 2. The van der Waals surface area contributed by atoms with E-state index in [1.54, 1.807) is 0 Å². The molecule has 0 saturated heterocycles. The van der Waals surface area contributed by atoms with Crippen LogP contribution in [0.3, 0.4) is 0 Å². The van der Waals surface area contributed by atoms with E-state index < -0.39 is 0 Å². The summed E-state index contributed by atoms with van der Waals surface area (Å²) in [6, 6.07) is 17.7. The Morgan fingerprint density at radius 2 is 0.833 bits per heavy atom. The summed E-state index contributed by atoms with van der Waals surface area (Å²) in [4.78, 5) is 5.00. The lowest BCUT2D eigenvalue weighted by atomic mass is 10.0. The zero-order valence-electron chi connectivity index (χ0n) is 27.9. The quantitative estimate of drug-likeness (QED) is 0.0775. The maximum Gasteiger partial charge on any atom is 0.0994 e. The molecule has 0 unspecified atom stereocenters. The molecule has 0 aromatic heterocycles. The predicted molar refractivity (Wildman–Crippen MR) is 182 cm³/mol. The SMILES string of the molecule is CCCCCCCN(CCCC)COCc1cccc(-c2cccc(COCN(CCCC)CCCCCCC)c2)c1. The van der Waals surface area contributed by atoms with Crippen LogP contribution >= 0.6 is 0 Å². The molecule has 238 valence electrons. The Balaban J connectivity index is 1.85. The fourth-order valence-corrected chi connectivity index (χ4v) is 5.39. The van der Waals surface area contributed by atoms with E-state index in [4.69, 9.17) is 9.47 Å². The van der Waals surface area contributed by atoms with Gasteiger partial charge in [0.2, 0.25) is 0 Å². The van der Waals surface area contributed by atoms with Crippen molar-refractivity contribution < 1.29 is 9.47 Å². The highest BCUT2D eigenvalue weighted by molar-refractivity contribution is 5.64. The van der Waals surface area contributed by atoms with Crippen LogP contribution in [0.15, 0.2) is 48.5 Å². The van der Waals surface area contributed by atoms with Gasteiger partial charge >= 0.3 is 0 Å². The van der Waals surface area contributed by atoms with Gasteiger partial charge in [-0.25, -0.2) is 0 Å². The van der Waals surface area contributed by atoms with Crippen molar-refractivity contribution in [2.24, 2.45) is 0 Å². The van der Waals surface area contributed by atoms with E-state index in [0.29, 0.717) is 13.2 Å². The number of hydrogen-bond acceptors (Lipinski definition) is 4. The maximum absolute atomic E-state index is 6.22. The molecule has 0 radical (unpaired) electrons. The van der Waals surface area contributed by atoms with Crippen LogP contribution in [0.1, 0.15) is 129 Å². The van der Waals surface area contributed by atoms with E-state index in [-0.39, 0.29) is 0 Å². The second kappa shape index (κ2) is 24.7. The first kappa shape index (κ1) is 36.5. The lowest BCUT2D eigenvalue weighted by Crippen LogP contribution is -2.28. The summed E-state index contributed by atoms with van der Waals surface area (Å²) in [6.45, 7) is 16.4. The van der Waals surface area contributed by atoms with Crippen LogP contribution in [0, 0.1) is 0 Å². The van der Waals surface area contributed by atoms with E-state index in [1.165, 1.54) is 112 Å². The predicted octanol–water partition coefficient (Wildman–Crippen LogP) is 10.4.